The molecule has 12 nitrogen and oxygen atoms in total. The summed E-state index contributed by atoms with van der Waals surface area (Å²) in [5.41, 5.74) is 0. The summed E-state index contributed by atoms with van der Waals surface area (Å²) in [6.07, 6.45) is 52.3. The second-order valence-corrected chi connectivity index (χ2v) is 21.7. The van der Waals surface area contributed by atoms with E-state index in [1.807, 2.05) is 0 Å². The van der Waals surface area contributed by atoms with Crippen molar-refractivity contribution in [1.82, 2.24) is 0 Å². The second-order valence-electron chi connectivity index (χ2n) is 21.7. The van der Waals surface area contributed by atoms with Gasteiger partial charge in [0.15, 0.2) is 24.6 Å². The van der Waals surface area contributed by atoms with Gasteiger partial charge in [-0.2, -0.15) is 0 Å². The highest BCUT2D eigenvalue weighted by Crippen LogP contribution is 2.27. The van der Waals surface area contributed by atoms with Crippen molar-refractivity contribution in [3.63, 3.8) is 0 Å². The van der Waals surface area contributed by atoms with Crippen molar-refractivity contribution in [3.05, 3.63) is 48.6 Å². The highest BCUT2D eigenvalue weighted by molar-refractivity contribution is 5.74. The van der Waals surface area contributed by atoms with Crippen molar-refractivity contribution >= 4 is 23.9 Å². The minimum Gasteiger partial charge on any atom is -0.479 e. The third-order valence-electron chi connectivity index (χ3n) is 14.4. The van der Waals surface area contributed by atoms with E-state index in [1.54, 1.807) is 0 Å². The fourth-order valence-electron chi connectivity index (χ4n) is 9.60. The predicted molar refractivity (Wildman–Crippen MR) is 312 cm³/mol. The van der Waals surface area contributed by atoms with Crippen LogP contribution in [0, 0.1) is 0 Å². The molecule has 1 rings (SSSR count). The number of carbonyl (C=O) groups excluding carboxylic acids is 3. The van der Waals surface area contributed by atoms with Crippen molar-refractivity contribution in [3.8, 4) is 0 Å². The summed E-state index contributed by atoms with van der Waals surface area (Å²) in [6, 6.07) is 0. The number of ether oxygens (including phenoxy) is 5. The molecule has 0 aromatic carbocycles. The van der Waals surface area contributed by atoms with E-state index >= 15 is 0 Å². The first-order valence-corrected chi connectivity index (χ1v) is 31.6. The number of aliphatic carboxylic acids is 1. The predicted octanol–water partition coefficient (Wildman–Crippen LogP) is 16.6. The lowest BCUT2D eigenvalue weighted by atomic mass is 9.98. The van der Waals surface area contributed by atoms with Crippen LogP contribution in [0.5, 0.6) is 0 Å². The number of esters is 3. The molecule has 1 aliphatic rings. The standard InChI is InChI=1S/C65H114O12/c1-4-7-10-13-16-19-21-23-25-27-29-31-33-35-37-40-42-45-48-51-57(66)73-54-56(75-58(67)52-49-46-43-39-18-15-12-9-6-3)55-74-65-63(61(70)60(69)62(77-65)64(71)72)76-59(68)53-50-47-44-41-38-36-34-32-30-28-26-24-22-20-17-14-11-8-5-2/h7,10,16,19,23,25,29,31,56,60-63,65,69-70H,4-6,8-9,11-15,17-18,20-22,24,26-28,30,32-55H2,1-3H3,(H,71,72)/b10-7-,19-16-,25-23-,31-29-. The van der Waals surface area contributed by atoms with Crippen LogP contribution in [0.25, 0.3) is 0 Å². The first kappa shape index (κ1) is 71.7. The van der Waals surface area contributed by atoms with Gasteiger partial charge in [0.05, 0.1) is 6.61 Å². The Balaban J connectivity index is 2.59. The topological polar surface area (TPSA) is 175 Å². The van der Waals surface area contributed by atoms with Gasteiger partial charge in [-0.05, 0) is 57.8 Å². The number of carboxylic acid groups (broad SMARTS) is 1. The van der Waals surface area contributed by atoms with Crippen LogP contribution >= 0.6 is 0 Å². The minimum absolute atomic E-state index is 0.0645. The zero-order valence-electron chi connectivity index (χ0n) is 49.2. The fraction of sp³-hybridized carbons (Fsp3) is 0.815. The van der Waals surface area contributed by atoms with E-state index in [0.29, 0.717) is 19.3 Å². The fourth-order valence-corrected chi connectivity index (χ4v) is 9.60. The maximum absolute atomic E-state index is 13.1. The molecule has 446 valence electrons. The van der Waals surface area contributed by atoms with Gasteiger partial charge in [0.1, 0.15) is 18.8 Å². The van der Waals surface area contributed by atoms with Crippen LogP contribution in [0.4, 0.5) is 0 Å². The van der Waals surface area contributed by atoms with E-state index in [4.69, 9.17) is 23.7 Å². The minimum atomic E-state index is -1.90. The van der Waals surface area contributed by atoms with Crippen LogP contribution in [0.3, 0.4) is 0 Å². The molecule has 0 spiro atoms. The lowest BCUT2D eigenvalue weighted by Crippen LogP contribution is -2.61. The van der Waals surface area contributed by atoms with Crippen molar-refractivity contribution < 1.29 is 58.2 Å². The van der Waals surface area contributed by atoms with E-state index in [1.165, 1.54) is 128 Å². The molecule has 0 bridgehead atoms. The highest BCUT2D eigenvalue weighted by Gasteiger charge is 2.50. The third kappa shape index (κ3) is 43.2. The summed E-state index contributed by atoms with van der Waals surface area (Å²) >= 11 is 0. The Hall–Kier alpha value is -3.32. The average molecular weight is 1090 g/mol. The summed E-state index contributed by atoms with van der Waals surface area (Å²) in [5, 5.41) is 31.5. The molecule has 6 atom stereocenters. The molecule has 12 heteroatoms. The number of hydrogen-bond acceptors (Lipinski definition) is 11. The monoisotopic (exact) mass is 1090 g/mol. The van der Waals surface area contributed by atoms with Crippen LogP contribution in [0.15, 0.2) is 48.6 Å². The molecule has 77 heavy (non-hydrogen) atoms. The lowest BCUT2D eigenvalue weighted by Gasteiger charge is -2.40. The van der Waals surface area contributed by atoms with Gasteiger partial charge in [-0.15, -0.1) is 0 Å². The Morgan fingerprint density at radius 1 is 0.442 bits per heavy atom. The molecule has 1 fully saturated rings. The first-order valence-electron chi connectivity index (χ1n) is 31.6. The number of aliphatic hydroxyl groups excluding tert-OH is 2. The lowest BCUT2D eigenvalue weighted by molar-refractivity contribution is -0.301. The van der Waals surface area contributed by atoms with Gasteiger partial charge < -0.3 is 39.0 Å². The third-order valence-corrected chi connectivity index (χ3v) is 14.4. The van der Waals surface area contributed by atoms with E-state index in [9.17, 15) is 34.5 Å². The highest BCUT2D eigenvalue weighted by atomic mass is 16.7. The number of allylic oxidation sites excluding steroid dienone is 8. The zero-order valence-corrected chi connectivity index (χ0v) is 49.2. The normalized spacial score (nSPS) is 18.3. The van der Waals surface area contributed by atoms with Gasteiger partial charge >= 0.3 is 23.9 Å². The number of carbonyl (C=O) groups is 4. The average Bonchev–Trinajstić information content (AvgIpc) is 3.42. The van der Waals surface area contributed by atoms with Gasteiger partial charge in [0, 0.05) is 19.3 Å². The molecule has 1 saturated heterocycles. The molecule has 1 heterocycles. The Bertz CT molecular complexity index is 1520. The number of unbranched alkanes of at least 4 members (excludes halogenated alkanes) is 32. The van der Waals surface area contributed by atoms with Crippen molar-refractivity contribution in [2.75, 3.05) is 13.2 Å². The summed E-state index contributed by atoms with van der Waals surface area (Å²) in [7, 11) is 0. The molecule has 0 radical (unpaired) electrons. The Morgan fingerprint density at radius 3 is 1.25 bits per heavy atom. The zero-order chi connectivity index (χ0) is 56.1. The van der Waals surface area contributed by atoms with Gasteiger partial charge in [0.2, 0.25) is 0 Å². The SMILES string of the molecule is CC/C=C\C/C=C\C/C=C\C/C=C\CCCCCCCCC(=O)OCC(COC1OC(C(=O)O)C(O)C(O)C1OC(=O)CCCCCCCCCCCCCCCCCCCCC)OC(=O)CCCCCCCCCCC. The van der Waals surface area contributed by atoms with Gasteiger partial charge in [-0.3, -0.25) is 14.4 Å². The Morgan fingerprint density at radius 2 is 0.818 bits per heavy atom. The smallest absolute Gasteiger partial charge is 0.335 e. The number of carboxylic acids is 1. The summed E-state index contributed by atoms with van der Waals surface area (Å²) in [6.45, 7) is 5.88. The molecule has 6 unspecified atom stereocenters. The van der Waals surface area contributed by atoms with Crippen molar-refractivity contribution in [2.45, 2.75) is 327 Å². The van der Waals surface area contributed by atoms with Crippen LogP contribution in [-0.2, 0) is 42.9 Å². The van der Waals surface area contributed by atoms with Gasteiger partial charge in [0.25, 0.3) is 0 Å². The molecule has 0 aromatic rings. The van der Waals surface area contributed by atoms with Gasteiger partial charge in [-0.1, -0.05) is 262 Å². The Kier molecular flexibility index (Phi) is 49.7. The molecule has 3 N–H and O–H groups in total. The Labute approximate surface area is 469 Å². The van der Waals surface area contributed by atoms with Gasteiger partial charge in [-0.25, -0.2) is 4.79 Å². The summed E-state index contributed by atoms with van der Waals surface area (Å²) in [4.78, 5) is 51.1. The van der Waals surface area contributed by atoms with Crippen molar-refractivity contribution in [1.29, 1.82) is 0 Å². The molecule has 0 aromatic heterocycles. The quantitative estimate of drug-likeness (QED) is 0.0228. The number of aliphatic hydroxyl groups is 2. The number of rotatable bonds is 54. The molecule has 0 amide bonds. The summed E-state index contributed by atoms with van der Waals surface area (Å²) in [5.74, 6) is -3.11. The molecule has 0 saturated carbocycles. The first-order chi connectivity index (χ1) is 37.6. The maximum atomic E-state index is 13.1. The molecular weight excluding hydrogens is 973 g/mol. The maximum Gasteiger partial charge on any atom is 0.335 e. The van der Waals surface area contributed by atoms with E-state index in [2.05, 4.69) is 69.4 Å². The largest absolute Gasteiger partial charge is 0.479 e. The van der Waals surface area contributed by atoms with Crippen LogP contribution in [0.1, 0.15) is 290 Å². The van der Waals surface area contributed by atoms with E-state index < -0.39 is 67.3 Å². The van der Waals surface area contributed by atoms with Crippen molar-refractivity contribution in [2.24, 2.45) is 0 Å². The number of hydrogen-bond donors (Lipinski definition) is 3. The molecule has 0 aliphatic carbocycles. The van der Waals surface area contributed by atoms with Crippen LogP contribution in [-0.4, -0.2) is 89.2 Å². The molecular formula is C65H114O12. The van der Waals surface area contributed by atoms with E-state index in [0.717, 1.165) is 103 Å². The molecule has 1 aliphatic heterocycles. The second kappa shape index (κ2) is 53.3. The van der Waals surface area contributed by atoms with Crippen LogP contribution in [0.2, 0.25) is 0 Å². The summed E-state index contributed by atoms with van der Waals surface area (Å²) < 4.78 is 28.4. The van der Waals surface area contributed by atoms with E-state index in [-0.39, 0.29) is 25.9 Å². The van der Waals surface area contributed by atoms with Crippen LogP contribution < -0.4 is 0 Å².